The topological polar surface area (TPSA) is 69.6 Å². The maximum atomic E-state index is 11.8. The van der Waals surface area contributed by atoms with Crippen molar-refractivity contribution in [3.63, 3.8) is 0 Å². The summed E-state index contributed by atoms with van der Waals surface area (Å²) < 4.78 is 0. The molecule has 0 spiro atoms. The summed E-state index contributed by atoms with van der Waals surface area (Å²) in [6, 6.07) is 5.05. The van der Waals surface area contributed by atoms with Crippen molar-refractivity contribution >= 4 is 17.6 Å². The smallest absolute Gasteiger partial charge is 0.335 e. The van der Waals surface area contributed by atoms with E-state index in [2.05, 4.69) is 5.32 Å². The Balaban J connectivity index is 2.90. The number of carbonyl (C=O) groups is 2. The molecule has 0 heterocycles. The van der Waals surface area contributed by atoms with E-state index in [-0.39, 0.29) is 24.1 Å². The predicted octanol–water partition coefficient (Wildman–Crippen LogP) is 2.04. The number of amides is 1. The van der Waals surface area contributed by atoms with E-state index in [1.165, 1.54) is 0 Å². The van der Waals surface area contributed by atoms with Gasteiger partial charge in [0.2, 0.25) is 5.91 Å². The minimum absolute atomic E-state index is 0.0384. The van der Waals surface area contributed by atoms with Crippen LogP contribution >= 0.6 is 0 Å². The third-order valence-corrected chi connectivity index (χ3v) is 2.95. The molecule has 0 atom stereocenters. The molecule has 1 amide bonds. The molecule has 1 aromatic rings. The lowest BCUT2D eigenvalue weighted by Crippen LogP contribution is -2.40. The van der Waals surface area contributed by atoms with E-state index in [0.717, 1.165) is 11.3 Å². The van der Waals surface area contributed by atoms with Gasteiger partial charge in [-0.2, -0.15) is 0 Å². The molecule has 0 radical (unpaired) electrons. The summed E-state index contributed by atoms with van der Waals surface area (Å²) in [4.78, 5) is 24.7. The molecule has 0 unspecified atom stereocenters. The van der Waals surface area contributed by atoms with E-state index in [1.54, 1.807) is 18.2 Å². The fraction of sp³-hybridized carbons (Fsp3) is 0.467. The molecule has 1 rings (SSSR count). The zero-order chi connectivity index (χ0) is 15.3. The van der Waals surface area contributed by atoms with Crippen molar-refractivity contribution in [2.75, 3.05) is 18.0 Å². The summed E-state index contributed by atoms with van der Waals surface area (Å²) in [6.07, 6.45) is 0. The van der Waals surface area contributed by atoms with Gasteiger partial charge in [-0.05, 0) is 51.5 Å². The van der Waals surface area contributed by atoms with Crippen LogP contribution in [0.5, 0.6) is 0 Å². The molecule has 0 aromatic heterocycles. The molecule has 1 aromatic carbocycles. The first-order chi connectivity index (χ1) is 9.35. The minimum Gasteiger partial charge on any atom is -0.478 e. The normalized spacial score (nSPS) is 10.4. The molecule has 0 saturated carbocycles. The van der Waals surface area contributed by atoms with Crippen molar-refractivity contribution in [3.8, 4) is 0 Å². The lowest BCUT2D eigenvalue weighted by molar-refractivity contribution is -0.120. The Labute approximate surface area is 119 Å². The highest BCUT2D eigenvalue weighted by atomic mass is 16.4. The second-order valence-corrected chi connectivity index (χ2v) is 5.04. The van der Waals surface area contributed by atoms with Crippen molar-refractivity contribution in [3.05, 3.63) is 29.3 Å². The van der Waals surface area contributed by atoms with Crippen molar-refractivity contribution in [2.45, 2.75) is 33.7 Å². The number of hydrogen-bond acceptors (Lipinski definition) is 3. The van der Waals surface area contributed by atoms with Crippen molar-refractivity contribution in [1.82, 2.24) is 5.32 Å². The van der Waals surface area contributed by atoms with Crippen molar-refractivity contribution in [2.24, 2.45) is 0 Å². The number of benzene rings is 1. The quantitative estimate of drug-likeness (QED) is 0.835. The van der Waals surface area contributed by atoms with Crippen LogP contribution in [-0.2, 0) is 4.79 Å². The first-order valence-electron chi connectivity index (χ1n) is 6.73. The van der Waals surface area contributed by atoms with Gasteiger partial charge < -0.3 is 15.3 Å². The number of carboxylic acids is 1. The van der Waals surface area contributed by atoms with Crippen molar-refractivity contribution in [1.29, 1.82) is 0 Å². The summed E-state index contributed by atoms with van der Waals surface area (Å²) in [6.45, 7) is 8.60. The van der Waals surface area contributed by atoms with Gasteiger partial charge in [-0.25, -0.2) is 4.79 Å². The Morgan fingerprint density at radius 1 is 1.35 bits per heavy atom. The maximum absolute atomic E-state index is 11.8. The van der Waals surface area contributed by atoms with E-state index in [1.807, 2.05) is 32.6 Å². The largest absolute Gasteiger partial charge is 0.478 e. The molecule has 0 aliphatic carbocycles. The van der Waals surface area contributed by atoms with E-state index >= 15 is 0 Å². The Kier molecular flexibility index (Phi) is 5.55. The Morgan fingerprint density at radius 2 is 2.00 bits per heavy atom. The molecule has 5 heteroatoms. The number of rotatable bonds is 6. The second-order valence-electron chi connectivity index (χ2n) is 5.04. The standard InChI is InChI=1S/C15H22N2O3/c1-5-17(9-14(18)16-10(2)3)13-7-6-12(15(19)20)8-11(13)4/h6-8,10H,5,9H2,1-4H3,(H,16,18)(H,19,20). The summed E-state index contributed by atoms with van der Waals surface area (Å²) in [5.41, 5.74) is 1.99. The summed E-state index contributed by atoms with van der Waals surface area (Å²) in [5, 5.41) is 11.8. The van der Waals surface area contributed by atoms with Crippen LogP contribution in [0.15, 0.2) is 18.2 Å². The molecule has 2 N–H and O–H groups in total. The monoisotopic (exact) mass is 278 g/mol. The van der Waals surface area contributed by atoms with Gasteiger partial charge in [0.15, 0.2) is 0 Å². The van der Waals surface area contributed by atoms with Crippen molar-refractivity contribution < 1.29 is 14.7 Å². The fourth-order valence-electron chi connectivity index (χ4n) is 2.05. The average Bonchev–Trinajstić information content (AvgIpc) is 2.35. The summed E-state index contributed by atoms with van der Waals surface area (Å²) >= 11 is 0. The Bertz CT molecular complexity index is 498. The predicted molar refractivity (Wildman–Crippen MR) is 79.3 cm³/mol. The van der Waals surface area contributed by atoms with Gasteiger partial charge in [0.1, 0.15) is 0 Å². The molecule has 0 fully saturated rings. The first-order valence-corrected chi connectivity index (χ1v) is 6.73. The molecule has 0 saturated heterocycles. The number of carbonyl (C=O) groups excluding carboxylic acids is 1. The van der Waals surface area contributed by atoms with Gasteiger partial charge in [-0.3, -0.25) is 4.79 Å². The molecular weight excluding hydrogens is 256 g/mol. The molecule has 5 nitrogen and oxygen atoms in total. The number of carboxylic acid groups (broad SMARTS) is 1. The van der Waals surface area contributed by atoms with Crippen LogP contribution in [-0.4, -0.2) is 36.1 Å². The van der Waals surface area contributed by atoms with E-state index in [9.17, 15) is 9.59 Å². The zero-order valence-electron chi connectivity index (χ0n) is 12.4. The van der Waals surface area contributed by atoms with Crippen LogP contribution in [0.4, 0.5) is 5.69 Å². The lowest BCUT2D eigenvalue weighted by Gasteiger charge is -2.25. The number of hydrogen-bond donors (Lipinski definition) is 2. The highest BCUT2D eigenvalue weighted by Gasteiger charge is 2.14. The molecule has 0 aliphatic rings. The van der Waals surface area contributed by atoms with Crippen LogP contribution in [0.25, 0.3) is 0 Å². The summed E-state index contributed by atoms with van der Waals surface area (Å²) in [7, 11) is 0. The summed E-state index contributed by atoms with van der Waals surface area (Å²) in [5.74, 6) is -0.983. The highest BCUT2D eigenvalue weighted by molar-refractivity contribution is 5.89. The van der Waals surface area contributed by atoms with Gasteiger partial charge in [0, 0.05) is 18.3 Å². The van der Waals surface area contributed by atoms with Crippen LogP contribution in [0.1, 0.15) is 36.7 Å². The molecule has 110 valence electrons. The number of nitrogens with zero attached hydrogens (tertiary/aromatic N) is 1. The van der Waals surface area contributed by atoms with Crippen LogP contribution in [0, 0.1) is 6.92 Å². The highest BCUT2D eigenvalue weighted by Crippen LogP contribution is 2.21. The van der Waals surface area contributed by atoms with Crippen LogP contribution in [0.3, 0.4) is 0 Å². The molecule has 20 heavy (non-hydrogen) atoms. The number of likely N-dealkylation sites (N-methyl/N-ethyl adjacent to an activating group) is 1. The minimum atomic E-state index is -0.944. The first kappa shape index (κ1) is 16.0. The number of nitrogens with one attached hydrogen (secondary N) is 1. The van der Waals surface area contributed by atoms with Gasteiger partial charge >= 0.3 is 5.97 Å². The zero-order valence-corrected chi connectivity index (χ0v) is 12.4. The van der Waals surface area contributed by atoms with E-state index in [4.69, 9.17) is 5.11 Å². The Morgan fingerprint density at radius 3 is 2.45 bits per heavy atom. The fourth-order valence-corrected chi connectivity index (χ4v) is 2.05. The number of anilines is 1. The third kappa shape index (κ3) is 4.26. The average molecular weight is 278 g/mol. The number of aromatic carboxylic acids is 1. The van der Waals surface area contributed by atoms with Gasteiger partial charge in [0.05, 0.1) is 12.1 Å². The molecule has 0 aliphatic heterocycles. The van der Waals surface area contributed by atoms with E-state index in [0.29, 0.717) is 6.54 Å². The molecular formula is C15H22N2O3. The third-order valence-electron chi connectivity index (χ3n) is 2.95. The lowest BCUT2D eigenvalue weighted by atomic mass is 10.1. The van der Waals surface area contributed by atoms with Gasteiger partial charge in [-0.1, -0.05) is 0 Å². The number of aryl methyl sites for hydroxylation is 1. The second kappa shape index (κ2) is 6.93. The van der Waals surface area contributed by atoms with Gasteiger partial charge in [-0.15, -0.1) is 0 Å². The van der Waals surface area contributed by atoms with Gasteiger partial charge in [0.25, 0.3) is 0 Å². The van der Waals surface area contributed by atoms with E-state index < -0.39 is 5.97 Å². The van der Waals surface area contributed by atoms with Crippen LogP contribution in [0.2, 0.25) is 0 Å². The SMILES string of the molecule is CCN(CC(=O)NC(C)C)c1ccc(C(=O)O)cc1C. The van der Waals surface area contributed by atoms with Crippen LogP contribution < -0.4 is 10.2 Å². The Hall–Kier alpha value is -2.04. The maximum Gasteiger partial charge on any atom is 0.335 e. The molecule has 0 bridgehead atoms.